The van der Waals surface area contributed by atoms with Crippen LogP contribution in [0.3, 0.4) is 0 Å². The van der Waals surface area contributed by atoms with Gasteiger partial charge in [-0.2, -0.15) is 0 Å². The number of halogens is 1. The minimum absolute atomic E-state index is 0.199. The van der Waals surface area contributed by atoms with E-state index >= 15 is 0 Å². The van der Waals surface area contributed by atoms with Crippen LogP contribution in [-0.4, -0.2) is 13.0 Å². The van der Waals surface area contributed by atoms with Gasteiger partial charge in [0.2, 0.25) is 0 Å². The van der Waals surface area contributed by atoms with Gasteiger partial charge in [-0.1, -0.05) is 30.3 Å². The summed E-state index contributed by atoms with van der Waals surface area (Å²) in [7, 11) is 1.63. The van der Waals surface area contributed by atoms with Gasteiger partial charge in [0.1, 0.15) is 18.2 Å². The maximum absolute atomic E-state index is 12.9. The highest BCUT2D eigenvalue weighted by molar-refractivity contribution is 6.04. The van der Waals surface area contributed by atoms with E-state index in [0.717, 1.165) is 11.1 Å². The molecule has 3 aromatic carbocycles. The second-order valence-electron chi connectivity index (χ2n) is 6.03. The molecule has 0 saturated carbocycles. The van der Waals surface area contributed by atoms with Gasteiger partial charge in [0, 0.05) is 24.4 Å². The van der Waals surface area contributed by atoms with Crippen LogP contribution in [0.15, 0.2) is 72.8 Å². The average Bonchev–Trinajstić information content (AvgIpc) is 2.69. The molecule has 0 atom stereocenters. The van der Waals surface area contributed by atoms with Crippen molar-refractivity contribution in [1.82, 2.24) is 0 Å². The topological polar surface area (TPSA) is 47.6 Å². The summed E-state index contributed by atoms with van der Waals surface area (Å²) in [5.74, 6) is 0.140. The van der Waals surface area contributed by atoms with Crippen LogP contribution in [0.25, 0.3) is 0 Å². The Balaban J connectivity index is 1.61. The Morgan fingerprint density at radius 3 is 2.30 bits per heavy atom. The molecule has 0 bridgehead atoms. The standard InChI is InChI=1S/C22H20FNO3/c1-26-14-16-5-9-18(10-6-16)22(25)24-20-3-2-4-21(13-20)27-15-17-7-11-19(23)12-8-17/h2-13H,14-15H2,1H3,(H,24,25). The van der Waals surface area contributed by atoms with Crippen molar-refractivity contribution in [3.05, 3.63) is 95.3 Å². The van der Waals surface area contributed by atoms with Crippen molar-refractivity contribution in [3.63, 3.8) is 0 Å². The number of hydrogen-bond acceptors (Lipinski definition) is 3. The summed E-state index contributed by atoms with van der Waals surface area (Å²) in [4.78, 5) is 12.4. The first-order valence-electron chi connectivity index (χ1n) is 8.50. The highest BCUT2D eigenvalue weighted by Gasteiger charge is 2.07. The van der Waals surface area contributed by atoms with E-state index in [9.17, 15) is 9.18 Å². The third-order valence-electron chi connectivity index (χ3n) is 3.94. The lowest BCUT2D eigenvalue weighted by atomic mass is 10.1. The third-order valence-corrected chi connectivity index (χ3v) is 3.94. The van der Waals surface area contributed by atoms with Crippen molar-refractivity contribution in [2.75, 3.05) is 12.4 Å². The van der Waals surface area contributed by atoms with Gasteiger partial charge < -0.3 is 14.8 Å². The lowest BCUT2D eigenvalue weighted by molar-refractivity contribution is 0.102. The van der Waals surface area contributed by atoms with E-state index in [-0.39, 0.29) is 11.7 Å². The third kappa shape index (κ3) is 5.39. The van der Waals surface area contributed by atoms with Crippen molar-refractivity contribution in [2.45, 2.75) is 13.2 Å². The Labute approximate surface area is 157 Å². The fourth-order valence-corrected chi connectivity index (χ4v) is 2.53. The number of benzene rings is 3. The van der Waals surface area contributed by atoms with Crippen LogP contribution < -0.4 is 10.1 Å². The number of anilines is 1. The molecule has 4 nitrogen and oxygen atoms in total. The van der Waals surface area contributed by atoms with Gasteiger partial charge in [0.15, 0.2) is 0 Å². The average molecular weight is 365 g/mol. The molecule has 0 aliphatic heterocycles. The normalized spacial score (nSPS) is 10.4. The van der Waals surface area contributed by atoms with Gasteiger partial charge in [-0.3, -0.25) is 4.79 Å². The van der Waals surface area contributed by atoms with E-state index in [2.05, 4.69) is 5.32 Å². The molecular weight excluding hydrogens is 345 g/mol. The van der Waals surface area contributed by atoms with Crippen molar-refractivity contribution < 1.29 is 18.7 Å². The Morgan fingerprint density at radius 1 is 0.926 bits per heavy atom. The molecule has 0 radical (unpaired) electrons. The number of rotatable bonds is 7. The van der Waals surface area contributed by atoms with E-state index in [1.807, 2.05) is 12.1 Å². The Kier molecular flexibility index (Phi) is 6.18. The minimum Gasteiger partial charge on any atom is -0.489 e. The second kappa shape index (κ2) is 8.96. The van der Waals surface area contributed by atoms with Crippen molar-refractivity contribution in [2.24, 2.45) is 0 Å². The molecule has 0 fully saturated rings. The predicted molar refractivity (Wildman–Crippen MR) is 102 cm³/mol. The molecule has 0 unspecified atom stereocenters. The lowest BCUT2D eigenvalue weighted by Crippen LogP contribution is -2.12. The summed E-state index contributed by atoms with van der Waals surface area (Å²) >= 11 is 0. The van der Waals surface area contributed by atoms with Crippen LogP contribution >= 0.6 is 0 Å². The zero-order valence-corrected chi connectivity index (χ0v) is 14.9. The number of nitrogens with one attached hydrogen (secondary N) is 1. The van der Waals surface area contributed by atoms with Crippen LogP contribution in [0.4, 0.5) is 10.1 Å². The van der Waals surface area contributed by atoms with Crippen LogP contribution in [-0.2, 0) is 18.0 Å². The van der Waals surface area contributed by atoms with Gasteiger partial charge in [0.05, 0.1) is 6.61 Å². The van der Waals surface area contributed by atoms with E-state index in [4.69, 9.17) is 9.47 Å². The molecule has 0 aromatic heterocycles. The van der Waals surface area contributed by atoms with E-state index in [1.165, 1.54) is 12.1 Å². The monoisotopic (exact) mass is 365 g/mol. The van der Waals surface area contributed by atoms with Gasteiger partial charge in [-0.05, 0) is 47.5 Å². The minimum atomic E-state index is -0.279. The fourth-order valence-electron chi connectivity index (χ4n) is 2.53. The molecule has 3 rings (SSSR count). The summed E-state index contributed by atoms with van der Waals surface area (Å²) < 4.78 is 23.7. The maximum Gasteiger partial charge on any atom is 0.255 e. The molecule has 0 spiro atoms. The molecule has 1 amide bonds. The summed E-state index contributed by atoms with van der Waals surface area (Å²) in [6.07, 6.45) is 0. The SMILES string of the molecule is COCc1ccc(C(=O)Nc2cccc(OCc3ccc(F)cc3)c2)cc1. The summed E-state index contributed by atoms with van der Waals surface area (Å²) in [5, 5.41) is 2.86. The number of amides is 1. The molecule has 3 aromatic rings. The molecule has 27 heavy (non-hydrogen) atoms. The van der Waals surface area contributed by atoms with Crippen LogP contribution in [0, 0.1) is 5.82 Å². The van der Waals surface area contributed by atoms with E-state index in [0.29, 0.717) is 30.2 Å². The number of methoxy groups -OCH3 is 1. The van der Waals surface area contributed by atoms with Gasteiger partial charge >= 0.3 is 0 Å². The van der Waals surface area contributed by atoms with Crippen LogP contribution in [0.2, 0.25) is 0 Å². The van der Waals surface area contributed by atoms with Gasteiger partial charge in [-0.15, -0.1) is 0 Å². The fraction of sp³-hybridized carbons (Fsp3) is 0.136. The van der Waals surface area contributed by atoms with Crippen molar-refractivity contribution in [3.8, 4) is 5.75 Å². The Bertz CT molecular complexity index is 892. The highest BCUT2D eigenvalue weighted by atomic mass is 19.1. The predicted octanol–water partition coefficient (Wildman–Crippen LogP) is 4.80. The Hall–Kier alpha value is -3.18. The van der Waals surface area contributed by atoms with E-state index < -0.39 is 0 Å². The summed E-state index contributed by atoms with van der Waals surface area (Å²) in [6, 6.07) is 20.5. The van der Waals surface area contributed by atoms with Gasteiger partial charge in [-0.25, -0.2) is 4.39 Å². The number of hydrogen-bond donors (Lipinski definition) is 1. The first-order valence-corrected chi connectivity index (χ1v) is 8.50. The first-order chi connectivity index (χ1) is 13.1. The summed E-state index contributed by atoms with van der Waals surface area (Å²) in [5.41, 5.74) is 3.07. The number of ether oxygens (including phenoxy) is 2. The molecule has 0 saturated heterocycles. The number of carbonyl (C=O) groups is 1. The summed E-state index contributed by atoms with van der Waals surface area (Å²) in [6.45, 7) is 0.827. The largest absolute Gasteiger partial charge is 0.489 e. The molecule has 5 heteroatoms. The molecule has 0 aliphatic rings. The van der Waals surface area contributed by atoms with Crippen LogP contribution in [0.5, 0.6) is 5.75 Å². The molecule has 1 N–H and O–H groups in total. The van der Waals surface area contributed by atoms with Crippen LogP contribution in [0.1, 0.15) is 21.5 Å². The van der Waals surface area contributed by atoms with Crippen molar-refractivity contribution >= 4 is 11.6 Å². The molecule has 138 valence electrons. The maximum atomic E-state index is 12.9. The number of carbonyl (C=O) groups excluding carboxylic acids is 1. The molecule has 0 heterocycles. The highest BCUT2D eigenvalue weighted by Crippen LogP contribution is 2.19. The second-order valence-corrected chi connectivity index (χ2v) is 6.03. The lowest BCUT2D eigenvalue weighted by Gasteiger charge is -2.10. The quantitative estimate of drug-likeness (QED) is 0.654. The Morgan fingerprint density at radius 2 is 1.59 bits per heavy atom. The molecule has 0 aliphatic carbocycles. The molecular formula is C22H20FNO3. The smallest absolute Gasteiger partial charge is 0.255 e. The van der Waals surface area contributed by atoms with Gasteiger partial charge in [0.25, 0.3) is 5.91 Å². The van der Waals surface area contributed by atoms with E-state index in [1.54, 1.807) is 55.6 Å². The zero-order valence-electron chi connectivity index (χ0n) is 14.9. The van der Waals surface area contributed by atoms with Crippen molar-refractivity contribution in [1.29, 1.82) is 0 Å². The zero-order chi connectivity index (χ0) is 19.1. The first kappa shape index (κ1) is 18.6.